The summed E-state index contributed by atoms with van der Waals surface area (Å²) in [5, 5.41) is 17.1. The third-order valence-corrected chi connectivity index (χ3v) is 3.46. The van der Waals surface area contributed by atoms with Gasteiger partial charge in [0.1, 0.15) is 12.2 Å². The van der Waals surface area contributed by atoms with E-state index in [0.717, 1.165) is 44.7 Å². The molecule has 1 fully saturated rings. The Morgan fingerprint density at radius 3 is 3.00 bits per heavy atom. The van der Waals surface area contributed by atoms with Crippen molar-refractivity contribution >= 4 is 0 Å². The van der Waals surface area contributed by atoms with Gasteiger partial charge in [-0.05, 0) is 37.6 Å². The fraction of sp³-hybridized carbons (Fsp3) is 0.846. The lowest BCUT2D eigenvalue weighted by Crippen LogP contribution is -2.24. The highest BCUT2D eigenvalue weighted by atomic mass is 16.3. The molecule has 5 nitrogen and oxygen atoms in total. The number of nitrogens with one attached hydrogen (secondary N) is 1. The van der Waals surface area contributed by atoms with Crippen molar-refractivity contribution in [3.05, 3.63) is 12.2 Å². The van der Waals surface area contributed by atoms with Crippen LogP contribution in [0.15, 0.2) is 6.33 Å². The van der Waals surface area contributed by atoms with E-state index in [1.54, 1.807) is 6.33 Å². The van der Waals surface area contributed by atoms with Crippen LogP contribution >= 0.6 is 0 Å². The highest BCUT2D eigenvalue weighted by Gasteiger charge is 2.22. The third kappa shape index (κ3) is 3.78. The van der Waals surface area contributed by atoms with Crippen LogP contribution in [0.1, 0.15) is 38.9 Å². The molecule has 1 aliphatic carbocycles. The number of aliphatic hydroxyl groups is 1. The van der Waals surface area contributed by atoms with Crippen molar-refractivity contribution in [1.82, 2.24) is 20.1 Å². The molecule has 5 heteroatoms. The van der Waals surface area contributed by atoms with Crippen molar-refractivity contribution in [2.45, 2.75) is 52.3 Å². The van der Waals surface area contributed by atoms with Gasteiger partial charge < -0.3 is 10.4 Å². The van der Waals surface area contributed by atoms with Crippen LogP contribution in [-0.2, 0) is 13.1 Å². The molecule has 1 aromatic rings. The molecule has 0 spiro atoms. The number of nitrogens with zero attached hydrogens (tertiary/aromatic N) is 3. The van der Waals surface area contributed by atoms with Gasteiger partial charge in [0.15, 0.2) is 0 Å². The van der Waals surface area contributed by atoms with Gasteiger partial charge in [-0.25, -0.2) is 9.67 Å². The van der Waals surface area contributed by atoms with Gasteiger partial charge in [-0.2, -0.15) is 5.10 Å². The minimum atomic E-state index is -0.0820. The Kier molecular flexibility index (Phi) is 4.72. The summed E-state index contributed by atoms with van der Waals surface area (Å²) in [6.45, 7) is 7.00. The van der Waals surface area contributed by atoms with Crippen LogP contribution < -0.4 is 5.32 Å². The maximum absolute atomic E-state index is 9.47. The molecule has 0 bridgehead atoms. The van der Waals surface area contributed by atoms with Crippen molar-refractivity contribution in [2.75, 3.05) is 6.54 Å². The predicted octanol–water partition coefficient (Wildman–Crippen LogP) is 1.18. The molecular formula is C13H24N4O. The largest absolute Gasteiger partial charge is 0.393 e. The molecule has 0 aromatic carbocycles. The number of hydrogen-bond acceptors (Lipinski definition) is 4. The van der Waals surface area contributed by atoms with Crippen LogP contribution in [0.5, 0.6) is 0 Å². The number of aliphatic hydroxyl groups excluding tert-OH is 1. The molecule has 102 valence electrons. The standard InChI is InChI=1S/C13H24N4O/c1-10(2)8-17-13(15-9-16-17)7-14-6-11-3-4-12(18)5-11/h9-12,14,18H,3-8H2,1-2H3. The van der Waals surface area contributed by atoms with Crippen molar-refractivity contribution in [3.8, 4) is 0 Å². The minimum Gasteiger partial charge on any atom is -0.393 e. The van der Waals surface area contributed by atoms with Crippen molar-refractivity contribution in [3.63, 3.8) is 0 Å². The van der Waals surface area contributed by atoms with Gasteiger partial charge in [-0.3, -0.25) is 0 Å². The molecule has 1 heterocycles. The minimum absolute atomic E-state index is 0.0820. The molecule has 2 N–H and O–H groups in total. The van der Waals surface area contributed by atoms with Crippen LogP contribution in [0.2, 0.25) is 0 Å². The molecule has 2 rings (SSSR count). The quantitative estimate of drug-likeness (QED) is 0.798. The maximum atomic E-state index is 9.47. The Morgan fingerprint density at radius 2 is 2.33 bits per heavy atom. The van der Waals surface area contributed by atoms with Crippen LogP contribution in [0.4, 0.5) is 0 Å². The highest BCUT2D eigenvalue weighted by molar-refractivity contribution is 4.85. The first-order valence-corrected chi connectivity index (χ1v) is 6.90. The van der Waals surface area contributed by atoms with Gasteiger partial charge in [0.2, 0.25) is 0 Å². The molecule has 2 atom stereocenters. The second kappa shape index (κ2) is 6.29. The summed E-state index contributed by atoms with van der Waals surface area (Å²) in [7, 11) is 0. The fourth-order valence-corrected chi connectivity index (χ4v) is 2.55. The Morgan fingerprint density at radius 1 is 1.50 bits per heavy atom. The van der Waals surface area contributed by atoms with E-state index in [0.29, 0.717) is 11.8 Å². The topological polar surface area (TPSA) is 63.0 Å². The van der Waals surface area contributed by atoms with Crippen molar-refractivity contribution in [2.24, 2.45) is 11.8 Å². The molecule has 0 radical (unpaired) electrons. The van der Waals surface area contributed by atoms with E-state index in [9.17, 15) is 5.11 Å². The maximum Gasteiger partial charge on any atom is 0.140 e. The zero-order valence-electron chi connectivity index (χ0n) is 11.3. The van der Waals surface area contributed by atoms with Crippen LogP contribution in [-0.4, -0.2) is 32.5 Å². The van der Waals surface area contributed by atoms with E-state index in [4.69, 9.17) is 0 Å². The molecule has 0 amide bonds. The molecule has 18 heavy (non-hydrogen) atoms. The summed E-state index contributed by atoms with van der Waals surface area (Å²) in [6.07, 6.45) is 4.56. The zero-order chi connectivity index (χ0) is 13.0. The van der Waals surface area contributed by atoms with E-state index in [1.807, 2.05) is 4.68 Å². The van der Waals surface area contributed by atoms with E-state index >= 15 is 0 Å². The Hall–Kier alpha value is -0.940. The Labute approximate surface area is 109 Å². The fourth-order valence-electron chi connectivity index (χ4n) is 2.55. The molecule has 1 saturated carbocycles. The zero-order valence-corrected chi connectivity index (χ0v) is 11.3. The van der Waals surface area contributed by atoms with Crippen molar-refractivity contribution < 1.29 is 5.11 Å². The lowest BCUT2D eigenvalue weighted by Gasteiger charge is -2.12. The van der Waals surface area contributed by atoms with Gasteiger partial charge in [-0.15, -0.1) is 0 Å². The van der Waals surface area contributed by atoms with E-state index in [2.05, 4.69) is 29.2 Å². The van der Waals surface area contributed by atoms with Gasteiger partial charge in [0.05, 0.1) is 12.6 Å². The molecule has 0 saturated heterocycles. The average molecular weight is 252 g/mol. The second-order valence-corrected chi connectivity index (χ2v) is 5.72. The van der Waals surface area contributed by atoms with Crippen LogP contribution in [0, 0.1) is 11.8 Å². The molecular weight excluding hydrogens is 228 g/mol. The summed E-state index contributed by atoms with van der Waals surface area (Å²) in [4.78, 5) is 4.29. The smallest absolute Gasteiger partial charge is 0.140 e. The van der Waals surface area contributed by atoms with Crippen LogP contribution in [0.25, 0.3) is 0 Å². The van der Waals surface area contributed by atoms with Crippen molar-refractivity contribution in [1.29, 1.82) is 0 Å². The number of aromatic nitrogens is 3. The first-order chi connectivity index (χ1) is 8.65. The summed E-state index contributed by atoms with van der Waals surface area (Å²) < 4.78 is 1.97. The first kappa shape index (κ1) is 13.5. The third-order valence-electron chi connectivity index (χ3n) is 3.46. The number of rotatable bonds is 6. The molecule has 2 unspecified atom stereocenters. The first-order valence-electron chi connectivity index (χ1n) is 6.90. The SMILES string of the molecule is CC(C)Cn1ncnc1CNCC1CCC(O)C1. The lowest BCUT2D eigenvalue weighted by molar-refractivity contribution is 0.177. The molecule has 0 aliphatic heterocycles. The van der Waals surface area contributed by atoms with E-state index in [1.165, 1.54) is 0 Å². The normalized spacial score (nSPS) is 24.0. The monoisotopic (exact) mass is 252 g/mol. The van der Waals surface area contributed by atoms with E-state index in [-0.39, 0.29) is 6.10 Å². The van der Waals surface area contributed by atoms with Gasteiger partial charge in [0.25, 0.3) is 0 Å². The van der Waals surface area contributed by atoms with Gasteiger partial charge >= 0.3 is 0 Å². The Bertz CT molecular complexity index is 364. The summed E-state index contributed by atoms with van der Waals surface area (Å²) in [5.41, 5.74) is 0. The summed E-state index contributed by atoms with van der Waals surface area (Å²) in [5.74, 6) is 2.19. The Balaban J connectivity index is 1.74. The predicted molar refractivity (Wildman–Crippen MR) is 69.9 cm³/mol. The molecule has 1 aliphatic rings. The highest BCUT2D eigenvalue weighted by Crippen LogP contribution is 2.24. The average Bonchev–Trinajstić information content (AvgIpc) is 2.88. The van der Waals surface area contributed by atoms with Gasteiger partial charge in [0, 0.05) is 6.54 Å². The van der Waals surface area contributed by atoms with Crippen LogP contribution in [0.3, 0.4) is 0 Å². The van der Waals surface area contributed by atoms with E-state index < -0.39 is 0 Å². The lowest BCUT2D eigenvalue weighted by atomic mass is 10.1. The summed E-state index contributed by atoms with van der Waals surface area (Å²) >= 11 is 0. The number of hydrogen-bond donors (Lipinski definition) is 2. The summed E-state index contributed by atoms with van der Waals surface area (Å²) in [6, 6.07) is 0. The molecule has 1 aromatic heterocycles. The second-order valence-electron chi connectivity index (χ2n) is 5.72. The van der Waals surface area contributed by atoms with Gasteiger partial charge in [-0.1, -0.05) is 13.8 Å².